The number of ketones is 1. The zero-order valence-corrected chi connectivity index (χ0v) is 15.7. The van der Waals surface area contributed by atoms with Crippen LogP contribution in [-0.2, 0) is 4.79 Å². The van der Waals surface area contributed by atoms with Crippen molar-refractivity contribution < 1.29 is 4.79 Å². The van der Waals surface area contributed by atoms with Crippen LogP contribution in [0.25, 0.3) is 0 Å². The number of fused-ring (bicyclic) bond motifs is 5. The Morgan fingerprint density at radius 2 is 1.92 bits per heavy atom. The molecule has 4 aliphatic rings. The Labute approximate surface area is 147 Å². The average molecular weight is 328 g/mol. The highest BCUT2D eigenvalue weighted by molar-refractivity contribution is 5.87. The van der Waals surface area contributed by atoms with Gasteiger partial charge in [0.05, 0.1) is 0 Å². The van der Waals surface area contributed by atoms with Crippen molar-refractivity contribution in [3.05, 3.63) is 12.2 Å². The van der Waals surface area contributed by atoms with Gasteiger partial charge in [0, 0.05) is 24.1 Å². The van der Waals surface area contributed by atoms with Crippen LogP contribution in [0.3, 0.4) is 0 Å². The van der Waals surface area contributed by atoms with Gasteiger partial charge in [-0.2, -0.15) is 0 Å². The fraction of sp³-hybridized carbons (Fsp3) is 0.818. The van der Waals surface area contributed by atoms with Crippen LogP contribution in [-0.4, -0.2) is 18.0 Å². The molecule has 0 heterocycles. The topological polar surface area (TPSA) is 29.4 Å². The number of hydrogen-bond acceptors (Lipinski definition) is 2. The highest BCUT2D eigenvalue weighted by Crippen LogP contribution is 2.66. The van der Waals surface area contributed by atoms with Gasteiger partial charge < -0.3 is 0 Å². The molecule has 4 fully saturated rings. The van der Waals surface area contributed by atoms with E-state index in [1.165, 1.54) is 30.5 Å². The van der Waals surface area contributed by atoms with E-state index in [1.54, 1.807) is 0 Å². The summed E-state index contributed by atoms with van der Waals surface area (Å²) in [5.41, 5.74) is 3.26. The summed E-state index contributed by atoms with van der Waals surface area (Å²) >= 11 is 0. The van der Waals surface area contributed by atoms with Gasteiger partial charge in [-0.15, -0.1) is 0 Å². The molecule has 0 aromatic rings. The van der Waals surface area contributed by atoms with Crippen molar-refractivity contribution in [1.29, 1.82) is 0 Å². The molecule has 0 aliphatic heterocycles. The molecule has 132 valence electrons. The van der Waals surface area contributed by atoms with Crippen molar-refractivity contribution in [1.82, 2.24) is 0 Å². The molecule has 4 aliphatic carbocycles. The van der Waals surface area contributed by atoms with Crippen molar-refractivity contribution in [2.75, 3.05) is 6.54 Å². The van der Waals surface area contributed by atoms with E-state index in [9.17, 15) is 4.79 Å². The molecular weight excluding hydrogens is 294 g/mol. The van der Waals surface area contributed by atoms with Gasteiger partial charge in [-0.1, -0.05) is 26.0 Å². The first-order valence-electron chi connectivity index (χ1n) is 10.1. The standard InChI is InChI=1S/C22H33NO/c1-5-23-15-8-10-21(3)18-9-11-22(4)17(6-7-20(22)24)16(18)12-14(2)19(21)13-15/h16-19H,2,5-13H2,1,3-4H3/t16?,17?,18?,19?,21-,22+/m1/s1. The van der Waals surface area contributed by atoms with Gasteiger partial charge >= 0.3 is 0 Å². The predicted molar refractivity (Wildman–Crippen MR) is 99.2 cm³/mol. The molecule has 0 bridgehead atoms. The maximum Gasteiger partial charge on any atom is 0.139 e. The number of carbonyl (C=O) groups excluding carboxylic acids is 1. The van der Waals surface area contributed by atoms with Gasteiger partial charge in [0.15, 0.2) is 0 Å². The second-order valence-electron chi connectivity index (χ2n) is 9.46. The smallest absolute Gasteiger partial charge is 0.139 e. The fourth-order valence-electron chi connectivity index (χ4n) is 7.19. The minimum absolute atomic E-state index is 0.0197. The van der Waals surface area contributed by atoms with Crippen molar-refractivity contribution in [3.8, 4) is 0 Å². The molecule has 2 nitrogen and oxygen atoms in total. The van der Waals surface area contributed by atoms with E-state index >= 15 is 0 Å². The third-order valence-electron chi connectivity index (χ3n) is 8.55. The molecular formula is C22H33NO. The zero-order valence-electron chi connectivity index (χ0n) is 15.7. The van der Waals surface area contributed by atoms with E-state index in [1.807, 2.05) is 0 Å². The van der Waals surface area contributed by atoms with E-state index in [0.717, 1.165) is 44.6 Å². The van der Waals surface area contributed by atoms with E-state index in [2.05, 4.69) is 27.4 Å². The lowest BCUT2D eigenvalue weighted by molar-refractivity contribution is -0.134. The average Bonchev–Trinajstić information content (AvgIpc) is 2.85. The van der Waals surface area contributed by atoms with Crippen molar-refractivity contribution in [2.45, 2.75) is 72.1 Å². The lowest BCUT2D eigenvalue weighted by atomic mass is 9.44. The molecule has 0 aromatic heterocycles. The summed E-state index contributed by atoms with van der Waals surface area (Å²) in [4.78, 5) is 17.3. The summed E-state index contributed by atoms with van der Waals surface area (Å²) in [5.74, 6) is 3.28. The normalized spacial score (nSPS) is 49.7. The molecule has 4 saturated carbocycles. The summed E-state index contributed by atoms with van der Waals surface area (Å²) in [6.07, 6.45) is 9.10. The monoisotopic (exact) mass is 327 g/mol. The number of rotatable bonds is 1. The van der Waals surface area contributed by atoms with Gasteiger partial charge in [0.25, 0.3) is 0 Å². The van der Waals surface area contributed by atoms with E-state index in [-0.39, 0.29) is 5.41 Å². The Bertz CT molecular complexity index is 605. The summed E-state index contributed by atoms with van der Waals surface area (Å²) in [6.45, 7) is 12.4. The number of nitrogens with zero attached hydrogens (tertiary/aromatic N) is 1. The molecule has 0 aromatic carbocycles. The number of Topliss-reactive ketones (excluding diaryl/α,β-unsaturated/α-hetero) is 1. The molecule has 0 radical (unpaired) electrons. The molecule has 0 saturated heterocycles. The van der Waals surface area contributed by atoms with Gasteiger partial charge in [-0.3, -0.25) is 9.79 Å². The highest BCUT2D eigenvalue weighted by Gasteiger charge is 2.60. The molecule has 4 rings (SSSR count). The lowest BCUT2D eigenvalue weighted by Crippen LogP contribution is -2.54. The van der Waals surface area contributed by atoms with Crippen molar-refractivity contribution in [3.63, 3.8) is 0 Å². The first-order valence-corrected chi connectivity index (χ1v) is 10.1. The van der Waals surface area contributed by atoms with Gasteiger partial charge in [-0.25, -0.2) is 0 Å². The number of carbonyl (C=O) groups is 1. The third kappa shape index (κ3) is 2.14. The Balaban J connectivity index is 1.66. The van der Waals surface area contributed by atoms with Crippen LogP contribution < -0.4 is 0 Å². The first-order chi connectivity index (χ1) is 11.4. The van der Waals surface area contributed by atoms with Gasteiger partial charge in [0.2, 0.25) is 0 Å². The second kappa shape index (κ2) is 5.54. The number of allylic oxidation sites excluding steroid dienone is 1. The lowest BCUT2D eigenvalue weighted by Gasteiger charge is -2.60. The molecule has 0 spiro atoms. The molecule has 0 amide bonds. The van der Waals surface area contributed by atoms with Crippen LogP contribution in [0.15, 0.2) is 17.1 Å². The molecule has 4 unspecified atom stereocenters. The third-order valence-corrected chi connectivity index (χ3v) is 8.55. The van der Waals surface area contributed by atoms with Gasteiger partial charge in [-0.05, 0) is 81.0 Å². The van der Waals surface area contributed by atoms with Crippen LogP contribution in [0.2, 0.25) is 0 Å². The second-order valence-corrected chi connectivity index (χ2v) is 9.46. The maximum absolute atomic E-state index is 12.5. The molecule has 0 N–H and O–H groups in total. The van der Waals surface area contributed by atoms with Crippen LogP contribution in [0.4, 0.5) is 0 Å². The van der Waals surface area contributed by atoms with Crippen LogP contribution in [0.1, 0.15) is 72.1 Å². The summed E-state index contributed by atoms with van der Waals surface area (Å²) < 4.78 is 0. The highest BCUT2D eigenvalue weighted by atomic mass is 16.1. The van der Waals surface area contributed by atoms with Crippen LogP contribution in [0, 0.1) is 34.5 Å². The summed E-state index contributed by atoms with van der Waals surface area (Å²) in [7, 11) is 0. The Hall–Kier alpha value is -0.920. The molecule has 6 atom stereocenters. The van der Waals surface area contributed by atoms with Crippen molar-refractivity contribution in [2.24, 2.45) is 39.5 Å². The Morgan fingerprint density at radius 3 is 2.67 bits per heavy atom. The Kier molecular flexibility index (Phi) is 3.82. The van der Waals surface area contributed by atoms with Gasteiger partial charge in [0.1, 0.15) is 5.78 Å². The SMILES string of the molecule is C=C1CC2C(CC[C@]3(C)C(=O)CCC23)[C@@]2(C)CCC(=NCC)CC12. The minimum Gasteiger partial charge on any atom is -0.299 e. The summed E-state index contributed by atoms with van der Waals surface area (Å²) in [6, 6.07) is 0. The van der Waals surface area contributed by atoms with Crippen LogP contribution in [0.5, 0.6) is 0 Å². The maximum atomic E-state index is 12.5. The van der Waals surface area contributed by atoms with Crippen LogP contribution >= 0.6 is 0 Å². The van der Waals surface area contributed by atoms with Crippen molar-refractivity contribution >= 4 is 11.5 Å². The van der Waals surface area contributed by atoms with E-state index in [0.29, 0.717) is 29.0 Å². The number of hydrogen-bond donors (Lipinski definition) is 0. The first kappa shape index (κ1) is 16.5. The predicted octanol–water partition coefficient (Wildman–Crippen LogP) is 5.23. The number of aliphatic imine (C=N–C) groups is 1. The Morgan fingerprint density at radius 1 is 1.12 bits per heavy atom. The molecule has 2 heteroatoms. The fourth-order valence-corrected chi connectivity index (χ4v) is 7.19. The molecule has 24 heavy (non-hydrogen) atoms. The largest absolute Gasteiger partial charge is 0.299 e. The zero-order chi connectivity index (χ0) is 17.1. The quantitative estimate of drug-likeness (QED) is 0.607. The van der Waals surface area contributed by atoms with E-state index in [4.69, 9.17) is 4.99 Å². The summed E-state index contributed by atoms with van der Waals surface area (Å²) in [5, 5.41) is 0. The minimum atomic E-state index is -0.0197. The van der Waals surface area contributed by atoms with E-state index < -0.39 is 0 Å².